The van der Waals surface area contributed by atoms with Crippen LogP contribution in [0.3, 0.4) is 0 Å². The molecule has 1 aliphatic rings. The first kappa shape index (κ1) is 14.8. The zero-order valence-electron chi connectivity index (χ0n) is 11.1. The SMILES string of the molecule is NC(=O)c1ccc(CNCCNC(=O)C2CC2)c(Cl)c1. The van der Waals surface area contributed by atoms with Gasteiger partial charge in [0.25, 0.3) is 0 Å². The molecule has 108 valence electrons. The van der Waals surface area contributed by atoms with E-state index in [0.29, 0.717) is 30.2 Å². The summed E-state index contributed by atoms with van der Waals surface area (Å²) in [5.41, 5.74) is 6.47. The molecule has 1 fully saturated rings. The van der Waals surface area contributed by atoms with E-state index in [-0.39, 0.29) is 11.8 Å². The molecule has 4 N–H and O–H groups in total. The number of primary amides is 1. The maximum atomic E-state index is 11.4. The minimum atomic E-state index is -0.491. The summed E-state index contributed by atoms with van der Waals surface area (Å²) < 4.78 is 0. The minimum absolute atomic E-state index is 0.149. The monoisotopic (exact) mass is 295 g/mol. The number of rotatable bonds is 7. The van der Waals surface area contributed by atoms with Gasteiger partial charge in [-0.15, -0.1) is 0 Å². The number of nitrogens with one attached hydrogen (secondary N) is 2. The molecule has 1 aliphatic carbocycles. The van der Waals surface area contributed by atoms with E-state index in [1.54, 1.807) is 18.2 Å². The summed E-state index contributed by atoms with van der Waals surface area (Å²) in [5, 5.41) is 6.57. The highest BCUT2D eigenvalue weighted by Gasteiger charge is 2.28. The lowest BCUT2D eigenvalue weighted by Gasteiger charge is -2.08. The molecule has 0 saturated heterocycles. The standard InChI is InChI=1S/C14H18ClN3O2/c15-12-7-10(13(16)19)3-4-11(12)8-17-5-6-18-14(20)9-1-2-9/h3-4,7,9,17H,1-2,5-6,8H2,(H2,16,19)(H,18,20). The summed E-state index contributed by atoms with van der Waals surface area (Å²) in [7, 11) is 0. The molecule has 2 rings (SSSR count). The predicted molar refractivity (Wildman–Crippen MR) is 77.4 cm³/mol. The first-order chi connectivity index (χ1) is 9.58. The number of nitrogens with two attached hydrogens (primary N) is 1. The van der Waals surface area contributed by atoms with E-state index in [1.165, 1.54) is 0 Å². The van der Waals surface area contributed by atoms with Crippen LogP contribution in [0, 0.1) is 5.92 Å². The van der Waals surface area contributed by atoms with Crippen molar-refractivity contribution in [1.82, 2.24) is 10.6 Å². The van der Waals surface area contributed by atoms with E-state index in [0.717, 1.165) is 18.4 Å². The molecule has 0 bridgehead atoms. The fourth-order valence-corrected chi connectivity index (χ4v) is 2.08. The molecule has 1 aromatic rings. The highest BCUT2D eigenvalue weighted by Crippen LogP contribution is 2.28. The van der Waals surface area contributed by atoms with Crippen LogP contribution in [0.5, 0.6) is 0 Å². The van der Waals surface area contributed by atoms with Gasteiger partial charge < -0.3 is 16.4 Å². The van der Waals surface area contributed by atoms with Gasteiger partial charge in [-0.1, -0.05) is 17.7 Å². The van der Waals surface area contributed by atoms with Crippen LogP contribution in [0.2, 0.25) is 5.02 Å². The molecule has 20 heavy (non-hydrogen) atoms. The Balaban J connectivity index is 1.70. The molecule has 6 heteroatoms. The zero-order valence-corrected chi connectivity index (χ0v) is 11.9. The quantitative estimate of drug-likeness (QED) is 0.658. The number of halogens is 1. The lowest BCUT2D eigenvalue weighted by atomic mass is 10.1. The Morgan fingerprint density at radius 1 is 1.30 bits per heavy atom. The minimum Gasteiger partial charge on any atom is -0.366 e. The predicted octanol–water partition coefficient (Wildman–Crippen LogP) is 1.05. The van der Waals surface area contributed by atoms with E-state index in [4.69, 9.17) is 17.3 Å². The highest BCUT2D eigenvalue weighted by molar-refractivity contribution is 6.31. The summed E-state index contributed by atoms with van der Waals surface area (Å²) in [4.78, 5) is 22.4. The van der Waals surface area contributed by atoms with Crippen LogP contribution in [-0.4, -0.2) is 24.9 Å². The molecule has 1 aromatic carbocycles. The second-order valence-electron chi connectivity index (χ2n) is 4.91. The smallest absolute Gasteiger partial charge is 0.248 e. The van der Waals surface area contributed by atoms with Gasteiger partial charge in [0.1, 0.15) is 0 Å². The molecule has 0 aromatic heterocycles. The van der Waals surface area contributed by atoms with E-state index in [2.05, 4.69) is 10.6 Å². The fraction of sp³-hybridized carbons (Fsp3) is 0.429. The van der Waals surface area contributed by atoms with Crippen LogP contribution in [0.1, 0.15) is 28.8 Å². The Labute approximate surface area is 122 Å². The Hall–Kier alpha value is -1.59. The van der Waals surface area contributed by atoms with Crippen LogP contribution in [0.15, 0.2) is 18.2 Å². The van der Waals surface area contributed by atoms with Crippen molar-refractivity contribution in [2.75, 3.05) is 13.1 Å². The number of carbonyl (C=O) groups excluding carboxylic acids is 2. The van der Waals surface area contributed by atoms with Crippen LogP contribution in [0.25, 0.3) is 0 Å². The second kappa shape index (κ2) is 6.72. The van der Waals surface area contributed by atoms with Gasteiger partial charge in [0.05, 0.1) is 0 Å². The van der Waals surface area contributed by atoms with E-state index in [9.17, 15) is 9.59 Å². The van der Waals surface area contributed by atoms with Crippen molar-refractivity contribution in [2.45, 2.75) is 19.4 Å². The van der Waals surface area contributed by atoms with Crippen LogP contribution < -0.4 is 16.4 Å². The lowest BCUT2D eigenvalue weighted by molar-refractivity contribution is -0.122. The average Bonchev–Trinajstić information content (AvgIpc) is 3.23. The summed E-state index contributed by atoms with van der Waals surface area (Å²) in [6.45, 7) is 1.86. The third-order valence-corrected chi connectivity index (χ3v) is 3.55. The van der Waals surface area contributed by atoms with Gasteiger partial charge in [-0.05, 0) is 30.5 Å². The Morgan fingerprint density at radius 3 is 2.65 bits per heavy atom. The lowest BCUT2D eigenvalue weighted by Crippen LogP contribution is -2.32. The van der Waals surface area contributed by atoms with Gasteiger partial charge >= 0.3 is 0 Å². The highest BCUT2D eigenvalue weighted by atomic mass is 35.5. The third-order valence-electron chi connectivity index (χ3n) is 3.20. The first-order valence-corrected chi connectivity index (χ1v) is 7.02. The fourth-order valence-electron chi connectivity index (χ4n) is 1.83. The topological polar surface area (TPSA) is 84.2 Å². The maximum Gasteiger partial charge on any atom is 0.248 e. The third kappa shape index (κ3) is 4.21. The van der Waals surface area contributed by atoms with Crippen molar-refractivity contribution in [3.63, 3.8) is 0 Å². The number of hydrogen-bond donors (Lipinski definition) is 3. The average molecular weight is 296 g/mol. The summed E-state index contributed by atoms with van der Waals surface area (Å²) in [6, 6.07) is 4.99. The molecule has 0 atom stereocenters. The van der Waals surface area contributed by atoms with E-state index < -0.39 is 5.91 Å². The summed E-state index contributed by atoms with van der Waals surface area (Å²) >= 11 is 6.07. The van der Waals surface area contributed by atoms with Gasteiger partial charge in [0.15, 0.2) is 0 Å². The molecule has 0 heterocycles. The molecule has 0 aliphatic heterocycles. The molecule has 5 nitrogen and oxygen atoms in total. The molecule has 0 spiro atoms. The Bertz CT molecular complexity index is 515. The zero-order chi connectivity index (χ0) is 14.5. The molecular weight excluding hydrogens is 278 g/mol. The normalized spacial score (nSPS) is 14.1. The number of amides is 2. The van der Waals surface area contributed by atoms with E-state index >= 15 is 0 Å². The van der Waals surface area contributed by atoms with Crippen molar-refractivity contribution in [3.05, 3.63) is 34.3 Å². The molecule has 0 unspecified atom stereocenters. The Morgan fingerprint density at radius 2 is 2.05 bits per heavy atom. The molecule has 1 saturated carbocycles. The van der Waals surface area contributed by atoms with Gasteiger partial charge in [-0.25, -0.2) is 0 Å². The van der Waals surface area contributed by atoms with Gasteiger partial charge in [0.2, 0.25) is 11.8 Å². The Kier molecular flexibility index (Phi) is 4.98. The van der Waals surface area contributed by atoms with E-state index in [1.807, 2.05) is 0 Å². The van der Waals surface area contributed by atoms with Crippen molar-refractivity contribution in [2.24, 2.45) is 11.7 Å². The largest absolute Gasteiger partial charge is 0.366 e. The molecule has 2 amide bonds. The van der Waals surface area contributed by atoms with Gasteiger partial charge in [-0.2, -0.15) is 0 Å². The molecular formula is C14H18ClN3O2. The number of benzene rings is 1. The second-order valence-corrected chi connectivity index (χ2v) is 5.32. The number of carbonyl (C=O) groups is 2. The van der Waals surface area contributed by atoms with Crippen molar-refractivity contribution < 1.29 is 9.59 Å². The number of hydrogen-bond acceptors (Lipinski definition) is 3. The first-order valence-electron chi connectivity index (χ1n) is 6.64. The van der Waals surface area contributed by atoms with Gasteiger partial charge in [-0.3, -0.25) is 9.59 Å². The summed E-state index contributed by atoms with van der Waals surface area (Å²) in [5.74, 6) is -0.101. The maximum absolute atomic E-state index is 11.4. The summed E-state index contributed by atoms with van der Waals surface area (Å²) in [6.07, 6.45) is 2.03. The molecule has 0 radical (unpaired) electrons. The van der Waals surface area contributed by atoms with Crippen LogP contribution in [-0.2, 0) is 11.3 Å². The van der Waals surface area contributed by atoms with Crippen molar-refractivity contribution >= 4 is 23.4 Å². The van der Waals surface area contributed by atoms with Crippen LogP contribution in [0.4, 0.5) is 0 Å². The van der Waals surface area contributed by atoms with Crippen molar-refractivity contribution in [3.8, 4) is 0 Å². The van der Waals surface area contributed by atoms with Crippen LogP contribution >= 0.6 is 11.6 Å². The van der Waals surface area contributed by atoms with Crippen molar-refractivity contribution in [1.29, 1.82) is 0 Å². The van der Waals surface area contributed by atoms with Gasteiger partial charge in [0, 0.05) is 36.1 Å².